The summed E-state index contributed by atoms with van der Waals surface area (Å²) in [5.41, 5.74) is 0. The highest BCUT2D eigenvalue weighted by molar-refractivity contribution is 5.01. The van der Waals surface area contributed by atoms with E-state index >= 15 is 0 Å². The second kappa shape index (κ2) is 5.17. The van der Waals surface area contributed by atoms with Crippen molar-refractivity contribution in [3.05, 3.63) is 11.6 Å². The molecule has 1 saturated heterocycles. The lowest BCUT2D eigenvalue weighted by atomic mass is 10.0. The molecule has 1 aliphatic carbocycles. The second-order valence-electron chi connectivity index (χ2n) is 5.47. The lowest BCUT2D eigenvalue weighted by Gasteiger charge is -2.22. The third-order valence-corrected chi connectivity index (χ3v) is 4.12. The number of hydrogen-bond acceptors (Lipinski definition) is 3. The van der Waals surface area contributed by atoms with Crippen molar-refractivity contribution in [1.82, 2.24) is 20.5 Å². The first kappa shape index (κ1) is 11.2. The molecule has 2 heterocycles. The quantitative estimate of drug-likeness (QED) is 0.842. The smallest absolute Gasteiger partial charge is 0.153 e. The first-order chi connectivity index (χ1) is 8.42. The van der Waals surface area contributed by atoms with Gasteiger partial charge in [-0.05, 0) is 32.2 Å². The van der Waals surface area contributed by atoms with E-state index in [9.17, 15) is 0 Å². The van der Waals surface area contributed by atoms with Crippen molar-refractivity contribution in [2.75, 3.05) is 6.54 Å². The predicted molar refractivity (Wildman–Crippen MR) is 66.9 cm³/mol. The van der Waals surface area contributed by atoms with Gasteiger partial charge < -0.3 is 5.32 Å². The molecule has 1 saturated carbocycles. The fourth-order valence-electron chi connectivity index (χ4n) is 3.10. The number of piperidine rings is 1. The van der Waals surface area contributed by atoms with Crippen LogP contribution >= 0.6 is 0 Å². The van der Waals surface area contributed by atoms with Crippen LogP contribution in [0.4, 0.5) is 0 Å². The van der Waals surface area contributed by atoms with E-state index in [1.165, 1.54) is 44.9 Å². The average molecular weight is 234 g/mol. The summed E-state index contributed by atoms with van der Waals surface area (Å²) in [7, 11) is 0. The monoisotopic (exact) mass is 234 g/mol. The Labute approximate surface area is 103 Å². The van der Waals surface area contributed by atoms with Gasteiger partial charge in [0, 0.05) is 18.4 Å². The van der Waals surface area contributed by atoms with Gasteiger partial charge in [0.25, 0.3) is 0 Å². The van der Waals surface area contributed by atoms with Crippen LogP contribution in [0.2, 0.25) is 0 Å². The molecule has 2 N–H and O–H groups in total. The molecular formula is C13H22N4. The van der Waals surface area contributed by atoms with Gasteiger partial charge in [-0.15, -0.1) is 0 Å². The summed E-state index contributed by atoms with van der Waals surface area (Å²) in [6.45, 7) is 1.16. The number of hydrogen-bond donors (Lipinski definition) is 2. The minimum atomic E-state index is 0.605. The number of aromatic nitrogens is 3. The number of H-pyrrole nitrogens is 1. The van der Waals surface area contributed by atoms with Gasteiger partial charge in [-0.25, -0.2) is 4.98 Å². The molecule has 17 heavy (non-hydrogen) atoms. The van der Waals surface area contributed by atoms with Crippen LogP contribution in [0.1, 0.15) is 62.5 Å². The first-order valence-corrected chi connectivity index (χ1v) is 7.06. The number of rotatable bonds is 3. The Morgan fingerprint density at radius 2 is 1.88 bits per heavy atom. The number of aromatic amines is 1. The summed E-state index contributed by atoms with van der Waals surface area (Å²) >= 11 is 0. The van der Waals surface area contributed by atoms with Gasteiger partial charge in [-0.2, -0.15) is 5.10 Å². The Balaban J connectivity index is 1.59. The van der Waals surface area contributed by atoms with Crippen LogP contribution in [0.25, 0.3) is 0 Å². The topological polar surface area (TPSA) is 53.6 Å². The zero-order valence-electron chi connectivity index (χ0n) is 10.4. The van der Waals surface area contributed by atoms with E-state index in [4.69, 9.17) is 0 Å². The van der Waals surface area contributed by atoms with Crippen molar-refractivity contribution in [1.29, 1.82) is 0 Å². The molecule has 0 bridgehead atoms. The lowest BCUT2D eigenvalue weighted by molar-refractivity contribution is 0.394. The maximum atomic E-state index is 4.68. The zero-order chi connectivity index (χ0) is 11.5. The number of nitrogens with zero attached hydrogens (tertiary/aromatic N) is 2. The predicted octanol–water partition coefficient (Wildman–Crippen LogP) is 2.15. The minimum Gasteiger partial charge on any atom is -0.314 e. The van der Waals surface area contributed by atoms with Crippen LogP contribution in [-0.4, -0.2) is 27.8 Å². The van der Waals surface area contributed by atoms with Crippen molar-refractivity contribution in [3.8, 4) is 0 Å². The maximum Gasteiger partial charge on any atom is 0.153 e. The summed E-state index contributed by atoms with van der Waals surface area (Å²) < 4.78 is 0. The van der Waals surface area contributed by atoms with E-state index in [1.54, 1.807) is 0 Å². The Hall–Kier alpha value is -0.900. The summed E-state index contributed by atoms with van der Waals surface area (Å²) in [4.78, 5) is 4.68. The summed E-state index contributed by atoms with van der Waals surface area (Å²) in [6, 6.07) is 0.605. The number of nitrogens with one attached hydrogen (secondary N) is 2. The molecule has 0 amide bonds. The molecule has 1 atom stereocenters. The van der Waals surface area contributed by atoms with Gasteiger partial charge in [0.1, 0.15) is 5.82 Å². The van der Waals surface area contributed by atoms with Gasteiger partial charge >= 0.3 is 0 Å². The fourth-order valence-corrected chi connectivity index (χ4v) is 3.10. The van der Waals surface area contributed by atoms with Crippen LogP contribution in [-0.2, 0) is 6.42 Å². The summed E-state index contributed by atoms with van der Waals surface area (Å²) in [5.74, 6) is 2.76. The fraction of sp³-hybridized carbons (Fsp3) is 0.846. The minimum absolute atomic E-state index is 0.605. The van der Waals surface area contributed by atoms with Crippen LogP contribution in [0.3, 0.4) is 0 Å². The van der Waals surface area contributed by atoms with Crippen LogP contribution in [0, 0.1) is 0 Å². The molecule has 1 unspecified atom stereocenters. The molecular weight excluding hydrogens is 212 g/mol. The Bertz CT molecular complexity index is 348. The molecule has 1 aliphatic heterocycles. The van der Waals surface area contributed by atoms with E-state index in [0.29, 0.717) is 12.0 Å². The first-order valence-electron chi connectivity index (χ1n) is 7.06. The molecule has 2 fully saturated rings. The van der Waals surface area contributed by atoms with E-state index < -0.39 is 0 Å². The Kier molecular flexibility index (Phi) is 3.41. The third kappa shape index (κ3) is 2.68. The molecule has 94 valence electrons. The third-order valence-electron chi connectivity index (χ3n) is 4.12. The van der Waals surface area contributed by atoms with Crippen LogP contribution in [0.5, 0.6) is 0 Å². The Morgan fingerprint density at radius 3 is 2.65 bits per heavy atom. The molecule has 4 nitrogen and oxygen atoms in total. The highest BCUT2D eigenvalue weighted by atomic mass is 15.2. The largest absolute Gasteiger partial charge is 0.314 e. The van der Waals surface area contributed by atoms with E-state index in [0.717, 1.165) is 24.6 Å². The van der Waals surface area contributed by atoms with E-state index in [2.05, 4.69) is 20.5 Å². The van der Waals surface area contributed by atoms with Crippen molar-refractivity contribution in [2.24, 2.45) is 0 Å². The second-order valence-corrected chi connectivity index (χ2v) is 5.47. The van der Waals surface area contributed by atoms with Gasteiger partial charge in [-0.1, -0.05) is 19.3 Å². The highest BCUT2D eigenvalue weighted by Gasteiger charge is 2.22. The van der Waals surface area contributed by atoms with Crippen molar-refractivity contribution in [2.45, 2.75) is 63.3 Å². The summed E-state index contributed by atoms with van der Waals surface area (Å²) in [6.07, 6.45) is 10.2. The lowest BCUT2D eigenvalue weighted by Crippen LogP contribution is -2.35. The summed E-state index contributed by atoms with van der Waals surface area (Å²) in [5, 5.41) is 11.1. The Morgan fingerprint density at radius 1 is 1.06 bits per heavy atom. The van der Waals surface area contributed by atoms with Gasteiger partial charge in [-0.3, -0.25) is 5.10 Å². The van der Waals surface area contributed by atoms with Crippen molar-refractivity contribution in [3.63, 3.8) is 0 Å². The molecule has 2 aliphatic rings. The average Bonchev–Trinajstić information content (AvgIpc) is 3.00. The van der Waals surface area contributed by atoms with Crippen molar-refractivity contribution >= 4 is 0 Å². The molecule has 0 spiro atoms. The highest BCUT2D eigenvalue weighted by Crippen LogP contribution is 2.31. The molecule has 0 radical (unpaired) electrons. The van der Waals surface area contributed by atoms with Gasteiger partial charge in [0.15, 0.2) is 5.82 Å². The SMILES string of the molecule is C1CCC(Cc2nc(C3CCCC3)n[nH]2)NC1. The van der Waals surface area contributed by atoms with Crippen LogP contribution < -0.4 is 5.32 Å². The van der Waals surface area contributed by atoms with Gasteiger partial charge in [0.2, 0.25) is 0 Å². The zero-order valence-corrected chi connectivity index (χ0v) is 10.4. The van der Waals surface area contributed by atoms with Gasteiger partial charge in [0.05, 0.1) is 0 Å². The molecule has 1 aromatic rings. The molecule has 0 aromatic carbocycles. The van der Waals surface area contributed by atoms with Crippen molar-refractivity contribution < 1.29 is 0 Å². The molecule has 3 rings (SSSR count). The standard InChI is InChI=1S/C13H22N4/c1-2-6-10(5-1)13-15-12(16-17-13)9-11-7-3-4-8-14-11/h10-11,14H,1-9H2,(H,15,16,17). The normalized spacial score (nSPS) is 26.5. The van der Waals surface area contributed by atoms with E-state index in [1.807, 2.05) is 0 Å². The van der Waals surface area contributed by atoms with E-state index in [-0.39, 0.29) is 0 Å². The molecule has 4 heteroatoms. The molecule has 1 aromatic heterocycles. The maximum absolute atomic E-state index is 4.68. The van der Waals surface area contributed by atoms with Crippen LogP contribution in [0.15, 0.2) is 0 Å².